The average molecular weight is 566 g/mol. The number of hydrogen-bond acceptors (Lipinski definition) is 6. The van der Waals surface area contributed by atoms with Gasteiger partial charge in [-0.2, -0.15) is 0 Å². The number of esters is 1. The van der Waals surface area contributed by atoms with Gasteiger partial charge in [0.25, 0.3) is 0 Å². The molecule has 0 aromatic rings. The summed E-state index contributed by atoms with van der Waals surface area (Å²) in [5.41, 5.74) is -0.914. The van der Waals surface area contributed by atoms with Crippen molar-refractivity contribution in [3.8, 4) is 0 Å². The zero-order valence-corrected chi connectivity index (χ0v) is 24.8. The molecule has 0 aromatic heterocycles. The highest BCUT2D eigenvalue weighted by Crippen LogP contribution is 2.65. The number of carbonyl (C=O) groups excluding carboxylic acids is 5. The maximum Gasteiger partial charge on any atom is 0.307 e. The van der Waals surface area contributed by atoms with E-state index in [-0.39, 0.29) is 67.5 Å². The molecule has 4 rings (SSSR count). The van der Waals surface area contributed by atoms with E-state index < -0.39 is 52.9 Å². The quantitative estimate of drug-likeness (QED) is 0.253. The number of halogens is 2. The summed E-state index contributed by atoms with van der Waals surface area (Å²) >= 11 is 0. The fourth-order valence-electron chi connectivity index (χ4n) is 7.27. The van der Waals surface area contributed by atoms with Crippen LogP contribution in [0.25, 0.3) is 0 Å². The molecule has 0 aromatic carbocycles. The van der Waals surface area contributed by atoms with Crippen LogP contribution in [-0.2, 0) is 28.7 Å². The Kier molecular flexibility index (Phi) is 8.38. The number of nitrogens with zero attached hydrogens (tertiary/aromatic N) is 1. The van der Waals surface area contributed by atoms with Crippen LogP contribution in [0.5, 0.6) is 0 Å². The van der Waals surface area contributed by atoms with E-state index in [1.165, 1.54) is 6.92 Å². The zero-order chi connectivity index (χ0) is 29.8. The largest absolute Gasteiger partial charge is 0.460 e. The normalized spacial score (nSPS) is 28.8. The van der Waals surface area contributed by atoms with Gasteiger partial charge in [0.1, 0.15) is 5.60 Å². The van der Waals surface area contributed by atoms with Crippen LogP contribution < -0.4 is 0 Å². The van der Waals surface area contributed by atoms with E-state index in [0.717, 1.165) is 12.8 Å². The summed E-state index contributed by atoms with van der Waals surface area (Å²) in [6, 6.07) is -0.750. The summed E-state index contributed by atoms with van der Waals surface area (Å²) in [6.45, 7) is 10.9. The summed E-state index contributed by atoms with van der Waals surface area (Å²) in [5, 5.41) is 0. The molecule has 1 amide bonds. The number of ether oxygens (including phenoxy) is 1. The number of hydrogen-bond donors (Lipinski definition) is 0. The second kappa shape index (κ2) is 10.9. The van der Waals surface area contributed by atoms with Crippen LogP contribution in [-0.4, -0.2) is 58.2 Å². The maximum absolute atomic E-state index is 14.2. The molecule has 0 spiro atoms. The first kappa shape index (κ1) is 30.8. The van der Waals surface area contributed by atoms with E-state index in [9.17, 15) is 32.8 Å². The second-order valence-electron chi connectivity index (χ2n) is 14.4. The van der Waals surface area contributed by atoms with Crippen LogP contribution in [0.2, 0.25) is 0 Å². The summed E-state index contributed by atoms with van der Waals surface area (Å²) in [7, 11) is 0. The Labute approximate surface area is 236 Å². The first-order chi connectivity index (χ1) is 18.4. The molecule has 1 heterocycles. The van der Waals surface area contributed by atoms with Gasteiger partial charge >= 0.3 is 5.97 Å². The van der Waals surface area contributed by atoms with E-state index in [0.29, 0.717) is 18.9 Å². The van der Waals surface area contributed by atoms with E-state index in [1.807, 2.05) is 0 Å². The van der Waals surface area contributed by atoms with Crippen molar-refractivity contribution < 1.29 is 37.5 Å². The van der Waals surface area contributed by atoms with Crippen molar-refractivity contribution in [2.45, 2.75) is 117 Å². The Bertz CT molecular complexity index is 1050. The van der Waals surface area contributed by atoms with Crippen molar-refractivity contribution in [2.75, 3.05) is 6.54 Å². The Morgan fingerprint density at radius 1 is 0.975 bits per heavy atom. The van der Waals surface area contributed by atoms with Crippen LogP contribution in [0.3, 0.4) is 0 Å². The van der Waals surface area contributed by atoms with Gasteiger partial charge in [0.05, 0.1) is 18.4 Å². The molecule has 0 radical (unpaired) electrons. The van der Waals surface area contributed by atoms with Gasteiger partial charge in [-0.1, -0.05) is 26.7 Å². The maximum atomic E-state index is 14.2. The van der Waals surface area contributed by atoms with Crippen molar-refractivity contribution in [1.29, 1.82) is 0 Å². The number of Topliss-reactive ketones (excluding diaryl/α,β-unsaturated/α-hetero) is 3. The SMILES string of the molecule is CC(=O)C(=O)[C@@H](CC(=O)[C@@H]1[C@@H]2[C@H](CN1C(=O)[C@@H](CC(=O)OC(C)(C)C)C1CCC(F)(F)CC1)C2(C)C)CC1CC1. The topological polar surface area (TPSA) is 97.8 Å². The molecule has 4 fully saturated rings. The lowest BCUT2D eigenvalue weighted by atomic mass is 9.76. The molecule has 3 saturated carbocycles. The minimum absolute atomic E-state index is 0.0733. The number of likely N-dealkylation sites (tertiary alicyclic amines) is 1. The van der Waals surface area contributed by atoms with Gasteiger partial charge in [-0.15, -0.1) is 0 Å². The lowest BCUT2D eigenvalue weighted by Gasteiger charge is -2.38. The minimum atomic E-state index is -2.78. The number of ketones is 3. The van der Waals surface area contributed by atoms with Gasteiger partial charge in [0.2, 0.25) is 17.6 Å². The number of rotatable bonds is 11. The monoisotopic (exact) mass is 565 g/mol. The third kappa shape index (κ3) is 6.81. The predicted molar refractivity (Wildman–Crippen MR) is 143 cm³/mol. The molecule has 224 valence electrons. The molecule has 9 heteroatoms. The van der Waals surface area contributed by atoms with Crippen LogP contribution >= 0.6 is 0 Å². The Morgan fingerprint density at radius 2 is 1.57 bits per heavy atom. The smallest absolute Gasteiger partial charge is 0.307 e. The summed E-state index contributed by atoms with van der Waals surface area (Å²) < 4.78 is 33.5. The van der Waals surface area contributed by atoms with Gasteiger partial charge in [-0.05, 0) is 69.1 Å². The zero-order valence-electron chi connectivity index (χ0n) is 24.8. The third-order valence-electron chi connectivity index (χ3n) is 9.76. The highest BCUT2D eigenvalue weighted by molar-refractivity contribution is 6.37. The summed E-state index contributed by atoms with van der Waals surface area (Å²) in [6.07, 6.45) is 1.70. The molecule has 1 aliphatic heterocycles. The van der Waals surface area contributed by atoms with E-state index >= 15 is 0 Å². The average Bonchev–Trinajstić information content (AvgIpc) is 3.67. The van der Waals surface area contributed by atoms with Gasteiger partial charge in [-0.25, -0.2) is 8.78 Å². The molecular weight excluding hydrogens is 520 g/mol. The van der Waals surface area contributed by atoms with Crippen molar-refractivity contribution in [3.63, 3.8) is 0 Å². The molecule has 0 bridgehead atoms. The fraction of sp³-hybridized carbons (Fsp3) is 0.839. The van der Waals surface area contributed by atoms with Crippen LogP contribution in [0.15, 0.2) is 0 Å². The van der Waals surface area contributed by atoms with Crippen molar-refractivity contribution in [1.82, 2.24) is 4.90 Å². The van der Waals surface area contributed by atoms with Crippen molar-refractivity contribution >= 4 is 29.2 Å². The van der Waals surface area contributed by atoms with Gasteiger partial charge < -0.3 is 9.64 Å². The number of piperidine rings is 1. The molecule has 4 aliphatic rings. The molecule has 1 saturated heterocycles. The minimum Gasteiger partial charge on any atom is -0.460 e. The van der Waals surface area contributed by atoms with E-state index in [4.69, 9.17) is 4.74 Å². The first-order valence-electron chi connectivity index (χ1n) is 14.9. The Morgan fingerprint density at radius 3 is 2.10 bits per heavy atom. The fourth-order valence-corrected chi connectivity index (χ4v) is 7.27. The molecular formula is C31H45F2NO6. The number of carbonyl (C=O) groups is 5. The number of alkyl halides is 2. The molecule has 0 unspecified atom stereocenters. The number of amides is 1. The van der Waals surface area contributed by atoms with Crippen molar-refractivity contribution in [2.24, 2.45) is 40.9 Å². The second-order valence-corrected chi connectivity index (χ2v) is 14.4. The van der Waals surface area contributed by atoms with E-state index in [2.05, 4.69) is 13.8 Å². The molecule has 7 nitrogen and oxygen atoms in total. The van der Waals surface area contributed by atoms with Crippen LogP contribution in [0, 0.1) is 40.9 Å². The standard InChI is InChI=1S/C31H45F2NO6/c1-17(35)27(38)20(13-18-7-8-18)14-23(36)26-25-22(30(25,5)6)16-34(26)28(39)21(15-24(37)40-29(2,3)4)19-9-11-31(32,33)12-10-19/h18-22,25-26H,7-16H2,1-6H3/t20-,21+,22+,25+,26-/m1/s1. The molecule has 3 aliphatic carbocycles. The Hall–Kier alpha value is -2.19. The highest BCUT2D eigenvalue weighted by atomic mass is 19.3. The Balaban J connectivity index is 1.57. The highest BCUT2D eigenvalue weighted by Gasteiger charge is 2.69. The molecule has 40 heavy (non-hydrogen) atoms. The van der Waals surface area contributed by atoms with Crippen LogP contribution in [0.1, 0.15) is 99.3 Å². The third-order valence-corrected chi connectivity index (χ3v) is 9.76. The molecule has 5 atom stereocenters. The van der Waals surface area contributed by atoms with Crippen molar-refractivity contribution in [3.05, 3.63) is 0 Å². The molecule has 0 N–H and O–H groups in total. The summed E-state index contributed by atoms with van der Waals surface area (Å²) in [5.74, 6) is -6.61. The summed E-state index contributed by atoms with van der Waals surface area (Å²) in [4.78, 5) is 67.1. The van der Waals surface area contributed by atoms with Gasteiger partial charge in [-0.3, -0.25) is 24.0 Å². The van der Waals surface area contributed by atoms with Gasteiger partial charge in [0.15, 0.2) is 11.6 Å². The van der Waals surface area contributed by atoms with E-state index in [1.54, 1.807) is 25.7 Å². The lowest BCUT2D eigenvalue weighted by Crippen LogP contribution is -2.50. The predicted octanol–water partition coefficient (Wildman–Crippen LogP) is 5.18. The first-order valence-corrected chi connectivity index (χ1v) is 14.9. The van der Waals surface area contributed by atoms with Crippen LogP contribution in [0.4, 0.5) is 8.78 Å². The lowest BCUT2D eigenvalue weighted by molar-refractivity contribution is -0.161. The van der Waals surface area contributed by atoms with Gasteiger partial charge in [0, 0.05) is 38.6 Å². The number of fused-ring (bicyclic) bond motifs is 1.